The molecule has 31 heteroatoms. The molecule has 6 aromatic heterocycles. The van der Waals surface area contributed by atoms with Crippen LogP contribution in [0.25, 0.3) is 71.1 Å². The van der Waals surface area contributed by atoms with E-state index in [9.17, 15) is 52.2 Å². The first-order valence-corrected chi connectivity index (χ1v) is 40.4. The van der Waals surface area contributed by atoms with Crippen LogP contribution in [0.15, 0.2) is 282 Å². The highest BCUT2D eigenvalue weighted by molar-refractivity contribution is 7.93. The number of methoxy groups -OCH3 is 1. The van der Waals surface area contributed by atoms with E-state index in [0.717, 1.165) is 73.2 Å². The van der Waals surface area contributed by atoms with Gasteiger partial charge in [-0.05, 0) is 135 Å². The number of hydrogen-bond acceptors (Lipinski definition) is 19. The van der Waals surface area contributed by atoms with Gasteiger partial charge >= 0.3 is 0 Å². The Labute approximate surface area is 616 Å². The van der Waals surface area contributed by atoms with E-state index in [2.05, 4.69) is 53.6 Å². The van der Waals surface area contributed by atoms with Gasteiger partial charge in [0.1, 0.15) is 5.75 Å². The van der Waals surface area contributed by atoms with E-state index in [1.54, 1.807) is 158 Å². The van der Waals surface area contributed by atoms with Crippen molar-refractivity contribution in [3.8, 4) is 11.6 Å². The first-order chi connectivity index (χ1) is 51.0. The van der Waals surface area contributed by atoms with Crippen LogP contribution in [-0.4, -0.2) is 101 Å². The number of nitro groups is 1. The van der Waals surface area contributed by atoms with Gasteiger partial charge in [-0.3, -0.25) is 53.7 Å². The van der Waals surface area contributed by atoms with Crippen molar-refractivity contribution in [2.45, 2.75) is 35.5 Å². The fourth-order valence-corrected chi connectivity index (χ4v) is 15.5. The fraction of sp³-hybridized carbons (Fsp3) is 0.0789. The summed E-state index contributed by atoms with van der Waals surface area (Å²) in [5, 5.41) is 21.5. The van der Waals surface area contributed by atoms with Gasteiger partial charge in [0.2, 0.25) is 20.0 Å². The molecule has 9 aromatic carbocycles. The second kappa shape index (κ2) is 32.2. The number of benzene rings is 9. The van der Waals surface area contributed by atoms with Gasteiger partial charge in [-0.15, -0.1) is 0 Å². The molecule has 0 spiro atoms. The number of aromatic nitrogens is 7. The van der Waals surface area contributed by atoms with Crippen LogP contribution in [0, 0.1) is 30.9 Å². The number of hydrogen-bond donors (Lipinski definition) is 5. The molecule has 0 amide bonds. The summed E-state index contributed by atoms with van der Waals surface area (Å²) in [6, 6.07) is 69.6. The van der Waals surface area contributed by atoms with E-state index in [1.807, 2.05) is 118 Å². The lowest BCUT2D eigenvalue weighted by Gasteiger charge is -2.12. The van der Waals surface area contributed by atoms with Crippen LogP contribution in [0.1, 0.15) is 17.0 Å². The zero-order valence-corrected chi connectivity index (χ0v) is 61.9. The van der Waals surface area contributed by atoms with Gasteiger partial charge in [-0.25, -0.2) is 51.8 Å². The monoisotopic (exact) mass is 1530 g/mol. The largest absolute Gasteiger partial charge is 0.497 e. The summed E-state index contributed by atoms with van der Waals surface area (Å²) in [6.07, 6.45) is 8.70. The SMILES string of the molecule is COc1cc(NS(=O)(=O)c2ccc3ccccc3c2)c2ncccc2c1.CS(=O)(=O)Nc1cccc2cccnc12.Cc1cc(C)n(-c2ccc3cccc(NS(C)(=O)=O)c3n2)n1.Cc1ccc(S(=O)(=O)Nc2cccc3cccnc23)cc1.O=[N+]([O-])c1ccccc1S(=O)(=O)Nc1cccc2cccnc12. The number of nitro benzene ring substituents is 1. The zero-order chi connectivity index (χ0) is 76.3. The van der Waals surface area contributed by atoms with Crippen LogP contribution >= 0.6 is 0 Å². The van der Waals surface area contributed by atoms with Gasteiger partial charge in [0.15, 0.2) is 10.7 Å². The fourth-order valence-electron chi connectivity index (χ4n) is 11.0. The molecule has 0 atom stereocenters. The van der Waals surface area contributed by atoms with Crippen LogP contribution in [0.4, 0.5) is 34.1 Å². The van der Waals surface area contributed by atoms with Gasteiger partial charge in [-0.1, -0.05) is 133 Å². The molecule has 0 aliphatic rings. The van der Waals surface area contributed by atoms with Gasteiger partial charge in [0, 0.05) is 69.5 Å². The summed E-state index contributed by atoms with van der Waals surface area (Å²) in [4.78, 5) is 31.8. The number of rotatable bonds is 16. The molecule has 6 heterocycles. The predicted molar refractivity (Wildman–Crippen MR) is 419 cm³/mol. The van der Waals surface area contributed by atoms with Crippen LogP contribution in [0.2, 0.25) is 0 Å². The molecular formula is C76H67N13O13S5. The molecule has 0 radical (unpaired) electrons. The normalized spacial score (nSPS) is 11.5. The Morgan fingerprint density at radius 2 is 0.794 bits per heavy atom. The van der Waals surface area contributed by atoms with E-state index in [-0.39, 0.29) is 15.5 Å². The maximum Gasteiger partial charge on any atom is 0.289 e. The number of nitrogens with one attached hydrogen (secondary N) is 5. The van der Waals surface area contributed by atoms with Gasteiger partial charge < -0.3 is 4.74 Å². The van der Waals surface area contributed by atoms with Crippen LogP contribution < -0.4 is 28.3 Å². The Morgan fingerprint density at radius 3 is 1.30 bits per heavy atom. The molecule has 0 aliphatic carbocycles. The van der Waals surface area contributed by atoms with Crippen molar-refractivity contribution < 1.29 is 51.7 Å². The molecule has 0 unspecified atom stereocenters. The van der Waals surface area contributed by atoms with Gasteiger partial charge in [-0.2, -0.15) is 5.10 Å². The Balaban J connectivity index is 0.000000134. The topological polar surface area (TPSA) is 365 Å². The molecule has 0 aliphatic heterocycles. The third-order valence-electron chi connectivity index (χ3n) is 15.8. The minimum Gasteiger partial charge on any atom is -0.497 e. The quantitative estimate of drug-likeness (QED) is 0.0443. The van der Waals surface area contributed by atoms with Crippen molar-refractivity contribution in [1.29, 1.82) is 0 Å². The third kappa shape index (κ3) is 19.1. The van der Waals surface area contributed by atoms with Crippen molar-refractivity contribution in [3.63, 3.8) is 0 Å². The van der Waals surface area contributed by atoms with E-state index in [4.69, 9.17) is 4.74 Å². The smallest absolute Gasteiger partial charge is 0.289 e. The molecule has 0 saturated carbocycles. The number of aryl methyl sites for hydroxylation is 3. The summed E-state index contributed by atoms with van der Waals surface area (Å²) >= 11 is 0. The number of fused-ring (bicyclic) bond motifs is 6. The summed E-state index contributed by atoms with van der Waals surface area (Å²) < 4.78 is 141. The molecular weight excluding hydrogens is 1460 g/mol. The zero-order valence-electron chi connectivity index (χ0n) is 57.8. The summed E-state index contributed by atoms with van der Waals surface area (Å²) in [5.41, 5.74) is 7.43. The summed E-state index contributed by atoms with van der Waals surface area (Å²) in [6.45, 7) is 5.78. The summed E-state index contributed by atoms with van der Waals surface area (Å²) in [7, 11) is -16.6. The number of ether oxygens (including phenoxy) is 1. The van der Waals surface area contributed by atoms with E-state index in [0.29, 0.717) is 61.9 Å². The number of pyridine rings is 5. The minimum absolute atomic E-state index is 0.197. The highest BCUT2D eigenvalue weighted by Gasteiger charge is 2.26. The molecule has 0 saturated heterocycles. The van der Waals surface area contributed by atoms with Crippen molar-refractivity contribution in [2.24, 2.45) is 0 Å². The second-order valence-electron chi connectivity index (χ2n) is 23.9. The molecule has 544 valence electrons. The van der Waals surface area contributed by atoms with E-state index in [1.165, 1.54) is 18.2 Å². The maximum absolute atomic E-state index is 12.9. The van der Waals surface area contributed by atoms with Crippen molar-refractivity contribution >= 4 is 150 Å². The Kier molecular flexibility index (Phi) is 22.8. The van der Waals surface area contributed by atoms with Crippen molar-refractivity contribution in [2.75, 3.05) is 43.2 Å². The molecule has 0 fully saturated rings. The van der Waals surface area contributed by atoms with Crippen LogP contribution in [0.3, 0.4) is 0 Å². The lowest BCUT2D eigenvalue weighted by molar-refractivity contribution is -0.387. The van der Waals surface area contributed by atoms with Crippen molar-refractivity contribution in [3.05, 3.63) is 295 Å². The summed E-state index contributed by atoms with van der Waals surface area (Å²) in [5.74, 6) is 1.21. The van der Waals surface area contributed by atoms with E-state index < -0.39 is 65.6 Å². The average Bonchev–Trinajstić information content (AvgIpc) is 1.50. The van der Waals surface area contributed by atoms with Gasteiger partial charge in [0.05, 0.1) is 96.0 Å². The maximum atomic E-state index is 12.9. The molecule has 15 aromatic rings. The lowest BCUT2D eigenvalue weighted by atomic mass is 10.1. The molecule has 0 bridgehead atoms. The average molecular weight is 1530 g/mol. The number of sulfonamides is 5. The highest BCUT2D eigenvalue weighted by atomic mass is 32.2. The predicted octanol–water partition coefficient (Wildman–Crippen LogP) is 14.5. The third-order valence-corrected chi connectivity index (χ3v) is 21.1. The second-order valence-corrected chi connectivity index (χ2v) is 32.4. The number of nitrogens with zero attached hydrogens (tertiary/aromatic N) is 8. The number of anilines is 5. The molecule has 107 heavy (non-hydrogen) atoms. The van der Waals surface area contributed by atoms with Crippen molar-refractivity contribution in [1.82, 2.24) is 34.7 Å². The Bertz CT molecular complexity index is 6440. The first-order valence-electron chi connectivity index (χ1n) is 32.2. The Morgan fingerprint density at radius 1 is 0.383 bits per heavy atom. The molecule has 15 rings (SSSR count). The minimum atomic E-state index is -4.11. The van der Waals surface area contributed by atoms with E-state index >= 15 is 0 Å². The van der Waals surface area contributed by atoms with Crippen LogP contribution in [-0.2, 0) is 50.1 Å². The standard InChI is InChI=1S/C20H16N2O3S.C16H14N2O2S.C15H16N4O2S.C15H11N3O4S.C10H10N2O2S/c1-25-17-11-16-7-4-10-21-20(16)19(13-17)22-26(23,24)18-9-8-14-5-2-3-6-15(14)12-18;1-12-7-9-14(10-8-12)21(19,20)18-15-6-2-4-13-5-3-11-17-16(13)15;1-10-9-11(2)19(17-10)14-8-7-12-5-4-6-13(15(12)16-14)18-22(3,20)21;19-18(20)13-8-1-2-9-14(13)23(21,22)17-12-7-3-5-11-6-4-10-16-15(11)12;1-15(13,14)12-9-6-2-4-8-5-3-7-11-10(8)9/h2-13,22H,1H3;2-11,18H,1H3;4-9,18H,1-3H3;1-10,17H;2-7,12H,1H3. The molecule has 26 nitrogen and oxygen atoms in total. The van der Waals surface area contributed by atoms with Gasteiger partial charge in [0.25, 0.3) is 35.8 Å². The number of para-hydroxylation sites is 5. The van der Waals surface area contributed by atoms with Crippen LogP contribution in [0.5, 0.6) is 5.75 Å². The first kappa shape index (κ1) is 75.6. The Hall–Kier alpha value is -12.6. The highest BCUT2D eigenvalue weighted by Crippen LogP contribution is 2.33. The lowest BCUT2D eigenvalue weighted by Crippen LogP contribution is -2.15. The molecule has 5 N–H and O–H groups in total.